The highest BCUT2D eigenvalue weighted by Gasteiger charge is 2.46. The van der Waals surface area contributed by atoms with E-state index in [0.717, 1.165) is 44.2 Å². The largest absolute Gasteiger partial charge is 0.368 e. The monoisotopic (exact) mass is 295 g/mol. The van der Waals surface area contributed by atoms with Crippen LogP contribution in [0.5, 0.6) is 0 Å². The van der Waals surface area contributed by atoms with Gasteiger partial charge in [-0.3, -0.25) is 4.79 Å². The lowest BCUT2D eigenvalue weighted by atomic mass is 9.83. The van der Waals surface area contributed by atoms with Crippen molar-refractivity contribution in [1.82, 2.24) is 10.2 Å². The molecule has 0 aromatic rings. The van der Waals surface area contributed by atoms with E-state index < -0.39 is 5.54 Å². The van der Waals surface area contributed by atoms with Gasteiger partial charge in [-0.05, 0) is 64.6 Å². The molecule has 3 N–H and O–H groups in total. The van der Waals surface area contributed by atoms with Crippen molar-refractivity contribution in [3.63, 3.8) is 0 Å². The van der Waals surface area contributed by atoms with Crippen molar-refractivity contribution in [3.05, 3.63) is 0 Å². The van der Waals surface area contributed by atoms with Crippen LogP contribution in [0.2, 0.25) is 0 Å². The Hall–Kier alpha value is -0.610. The van der Waals surface area contributed by atoms with Crippen LogP contribution >= 0.6 is 0 Å². The van der Waals surface area contributed by atoms with Crippen LogP contribution < -0.4 is 11.1 Å². The molecular formula is C17H33N3O. The number of carbonyl (C=O) groups excluding carboxylic acids is 1. The molecule has 2 aliphatic rings. The number of carbonyl (C=O) groups is 1. The SMILES string of the molecule is CNC1(C(N)=O)CCCC1CCN(C)C1CCCC(C)C1. The van der Waals surface area contributed by atoms with Gasteiger partial charge in [0.25, 0.3) is 0 Å². The molecule has 0 aliphatic heterocycles. The van der Waals surface area contributed by atoms with Crippen LogP contribution in [0.25, 0.3) is 0 Å². The Balaban J connectivity index is 1.88. The molecule has 122 valence electrons. The lowest BCUT2D eigenvalue weighted by Gasteiger charge is -2.37. The maximum Gasteiger partial charge on any atom is 0.238 e. The normalized spacial score (nSPS) is 37.0. The fourth-order valence-electron chi connectivity index (χ4n) is 4.59. The molecule has 4 atom stereocenters. The molecule has 4 nitrogen and oxygen atoms in total. The zero-order valence-electron chi connectivity index (χ0n) is 14.0. The Morgan fingerprint density at radius 2 is 2.10 bits per heavy atom. The molecule has 1 amide bonds. The zero-order chi connectivity index (χ0) is 15.5. The molecule has 0 radical (unpaired) electrons. The van der Waals surface area contributed by atoms with Crippen molar-refractivity contribution >= 4 is 5.91 Å². The van der Waals surface area contributed by atoms with Gasteiger partial charge in [-0.15, -0.1) is 0 Å². The number of primary amides is 1. The Bertz CT molecular complexity index is 360. The summed E-state index contributed by atoms with van der Waals surface area (Å²) in [5.74, 6) is 1.09. The predicted molar refractivity (Wildman–Crippen MR) is 87.0 cm³/mol. The molecule has 0 spiro atoms. The van der Waals surface area contributed by atoms with Crippen LogP contribution in [0.4, 0.5) is 0 Å². The van der Waals surface area contributed by atoms with Gasteiger partial charge in [-0.2, -0.15) is 0 Å². The van der Waals surface area contributed by atoms with Crippen LogP contribution in [0.15, 0.2) is 0 Å². The highest BCUT2D eigenvalue weighted by atomic mass is 16.1. The van der Waals surface area contributed by atoms with Gasteiger partial charge in [0.15, 0.2) is 0 Å². The maximum absolute atomic E-state index is 11.9. The molecular weight excluding hydrogens is 262 g/mol. The number of nitrogens with two attached hydrogens (primary N) is 1. The summed E-state index contributed by atoms with van der Waals surface area (Å²) in [5, 5.41) is 3.24. The maximum atomic E-state index is 11.9. The van der Waals surface area contributed by atoms with E-state index in [-0.39, 0.29) is 5.91 Å². The van der Waals surface area contributed by atoms with Crippen molar-refractivity contribution in [2.24, 2.45) is 17.6 Å². The molecule has 0 aromatic heterocycles. The minimum absolute atomic E-state index is 0.165. The predicted octanol–water partition coefficient (Wildman–Crippen LogP) is 2.13. The van der Waals surface area contributed by atoms with Gasteiger partial charge in [0, 0.05) is 6.04 Å². The Labute approximate surface area is 129 Å². The number of likely N-dealkylation sites (N-methyl/N-ethyl adjacent to an activating group) is 1. The van der Waals surface area contributed by atoms with Gasteiger partial charge >= 0.3 is 0 Å². The number of nitrogens with zero attached hydrogens (tertiary/aromatic N) is 1. The van der Waals surface area contributed by atoms with E-state index in [0.29, 0.717) is 5.92 Å². The van der Waals surface area contributed by atoms with Gasteiger partial charge in [0.2, 0.25) is 5.91 Å². The fraction of sp³-hybridized carbons (Fsp3) is 0.941. The summed E-state index contributed by atoms with van der Waals surface area (Å²) in [4.78, 5) is 14.4. The molecule has 2 rings (SSSR count). The highest BCUT2D eigenvalue weighted by molar-refractivity contribution is 5.85. The first-order chi connectivity index (χ1) is 9.99. The summed E-state index contributed by atoms with van der Waals surface area (Å²) in [6.45, 7) is 3.45. The van der Waals surface area contributed by atoms with Crippen molar-refractivity contribution < 1.29 is 4.79 Å². The van der Waals surface area contributed by atoms with E-state index in [4.69, 9.17) is 5.73 Å². The molecule has 0 saturated heterocycles. The molecule has 2 aliphatic carbocycles. The summed E-state index contributed by atoms with van der Waals surface area (Å²) < 4.78 is 0. The third-order valence-electron chi connectivity index (χ3n) is 6.07. The summed E-state index contributed by atoms with van der Waals surface area (Å²) in [5.41, 5.74) is 5.23. The number of rotatable bonds is 6. The van der Waals surface area contributed by atoms with Crippen LogP contribution in [0.3, 0.4) is 0 Å². The van der Waals surface area contributed by atoms with E-state index in [1.165, 1.54) is 25.7 Å². The van der Waals surface area contributed by atoms with E-state index in [2.05, 4.69) is 24.2 Å². The first-order valence-electron chi connectivity index (χ1n) is 8.68. The summed E-state index contributed by atoms with van der Waals surface area (Å²) >= 11 is 0. The van der Waals surface area contributed by atoms with Crippen LogP contribution in [0, 0.1) is 11.8 Å². The van der Waals surface area contributed by atoms with Crippen molar-refractivity contribution in [3.8, 4) is 0 Å². The first kappa shape index (κ1) is 16.8. The third-order valence-corrected chi connectivity index (χ3v) is 6.07. The standard InChI is InChI=1S/C17H33N3O/c1-13-6-4-8-15(12-13)20(3)11-9-14-7-5-10-17(14,19-2)16(18)21/h13-15,19H,4-12H2,1-3H3,(H2,18,21). The topological polar surface area (TPSA) is 58.4 Å². The van der Waals surface area contributed by atoms with Crippen LogP contribution in [-0.2, 0) is 4.79 Å². The smallest absolute Gasteiger partial charge is 0.238 e. The second kappa shape index (κ2) is 7.10. The van der Waals surface area contributed by atoms with Crippen molar-refractivity contribution in [2.45, 2.75) is 69.9 Å². The molecule has 0 aromatic carbocycles. The fourth-order valence-corrected chi connectivity index (χ4v) is 4.59. The lowest BCUT2D eigenvalue weighted by Crippen LogP contribution is -2.57. The minimum Gasteiger partial charge on any atom is -0.368 e. The van der Waals surface area contributed by atoms with Gasteiger partial charge in [0.05, 0.1) is 0 Å². The molecule has 0 heterocycles. The van der Waals surface area contributed by atoms with Gasteiger partial charge in [0.1, 0.15) is 5.54 Å². The van der Waals surface area contributed by atoms with Gasteiger partial charge < -0.3 is 16.0 Å². The van der Waals surface area contributed by atoms with E-state index in [1.807, 2.05) is 7.05 Å². The molecule has 0 bridgehead atoms. The molecule has 2 saturated carbocycles. The average Bonchev–Trinajstić information content (AvgIpc) is 2.89. The van der Waals surface area contributed by atoms with Gasteiger partial charge in [-0.1, -0.05) is 26.2 Å². The second-order valence-electron chi connectivity index (χ2n) is 7.37. The first-order valence-corrected chi connectivity index (χ1v) is 8.68. The third kappa shape index (κ3) is 3.59. The van der Waals surface area contributed by atoms with E-state index >= 15 is 0 Å². The highest BCUT2D eigenvalue weighted by Crippen LogP contribution is 2.38. The van der Waals surface area contributed by atoms with Crippen LogP contribution in [-0.4, -0.2) is 43.0 Å². The second-order valence-corrected chi connectivity index (χ2v) is 7.37. The number of hydrogen-bond donors (Lipinski definition) is 2. The van der Waals surface area contributed by atoms with Crippen molar-refractivity contribution in [2.75, 3.05) is 20.6 Å². The summed E-state index contributed by atoms with van der Waals surface area (Å²) in [7, 11) is 4.14. The Morgan fingerprint density at radius 1 is 1.33 bits per heavy atom. The molecule has 2 fully saturated rings. The Kier molecular flexibility index (Phi) is 5.67. The van der Waals surface area contributed by atoms with Crippen LogP contribution in [0.1, 0.15) is 58.3 Å². The van der Waals surface area contributed by atoms with Crippen molar-refractivity contribution in [1.29, 1.82) is 0 Å². The van der Waals surface area contributed by atoms with Gasteiger partial charge in [-0.25, -0.2) is 0 Å². The lowest BCUT2D eigenvalue weighted by molar-refractivity contribution is -0.125. The minimum atomic E-state index is -0.458. The molecule has 4 heteroatoms. The molecule has 21 heavy (non-hydrogen) atoms. The quantitative estimate of drug-likeness (QED) is 0.789. The van der Waals surface area contributed by atoms with E-state index in [9.17, 15) is 4.79 Å². The zero-order valence-corrected chi connectivity index (χ0v) is 14.0. The number of amides is 1. The number of nitrogens with one attached hydrogen (secondary N) is 1. The summed E-state index contributed by atoms with van der Waals surface area (Å²) in [6, 6.07) is 0.729. The number of hydrogen-bond acceptors (Lipinski definition) is 3. The average molecular weight is 295 g/mol. The van der Waals surface area contributed by atoms with E-state index in [1.54, 1.807) is 0 Å². The summed E-state index contributed by atoms with van der Waals surface area (Å²) in [6.07, 6.45) is 9.61. The molecule has 4 unspecified atom stereocenters. The Morgan fingerprint density at radius 3 is 2.71 bits per heavy atom.